The highest BCUT2D eigenvalue weighted by Gasteiger charge is 2.25. The van der Waals surface area contributed by atoms with E-state index >= 15 is 0 Å². The summed E-state index contributed by atoms with van der Waals surface area (Å²) < 4.78 is 16.1. The molecule has 5 heteroatoms. The number of rotatable bonds is 5. The Morgan fingerprint density at radius 3 is 2.65 bits per heavy atom. The number of ketones is 2. The molecule has 1 unspecified atom stereocenters. The van der Waals surface area contributed by atoms with Gasteiger partial charge in [-0.3, -0.25) is 9.59 Å². The summed E-state index contributed by atoms with van der Waals surface area (Å²) >= 11 is 0. The molecule has 1 aliphatic rings. The van der Waals surface area contributed by atoms with Gasteiger partial charge >= 0.3 is 0 Å². The lowest BCUT2D eigenvalue weighted by atomic mass is 10.1. The van der Waals surface area contributed by atoms with E-state index in [1.165, 1.54) is 13.8 Å². The maximum Gasteiger partial charge on any atom is 0.194 e. The van der Waals surface area contributed by atoms with Gasteiger partial charge in [-0.2, -0.15) is 0 Å². The highest BCUT2D eigenvalue weighted by atomic mass is 16.6. The van der Waals surface area contributed by atoms with E-state index in [0.717, 1.165) is 0 Å². The van der Waals surface area contributed by atoms with Crippen LogP contribution in [0.25, 0.3) is 11.0 Å². The van der Waals surface area contributed by atoms with Gasteiger partial charge < -0.3 is 13.9 Å². The quantitative estimate of drug-likeness (QED) is 0.619. The van der Waals surface area contributed by atoms with Crippen LogP contribution < -0.4 is 4.74 Å². The Morgan fingerprint density at radius 2 is 2.05 bits per heavy atom. The number of Topliss-reactive ketones (excluding diaryl/α,β-unsaturated/α-hetero) is 2. The second-order valence-corrected chi connectivity index (χ2v) is 4.84. The molecule has 0 bridgehead atoms. The number of ether oxygens (including phenoxy) is 2. The zero-order valence-electron chi connectivity index (χ0n) is 11.3. The molecule has 1 saturated heterocycles. The highest BCUT2D eigenvalue weighted by molar-refractivity contribution is 6.10. The fourth-order valence-corrected chi connectivity index (χ4v) is 2.10. The molecule has 104 valence electrons. The third-order valence-corrected chi connectivity index (χ3v) is 3.19. The van der Waals surface area contributed by atoms with Crippen LogP contribution in [0.15, 0.2) is 22.6 Å². The van der Waals surface area contributed by atoms with Crippen LogP contribution in [-0.2, 0) is 4.74 Å². The average Bonchev–Trinajstić information content (AvgIpc) is 3.11. The molecule has 3 rings (SSSR count). The van der Waals surface area contributed by atoms with Gasteiger partial charge in [0.2, 0.25) is 0 Å². The van der Waals surface area contributed by atoms with Crippen LogP contribution in [0.3, 0.4) is 0 Å². The summed E-state index contributed by atoms with van der Waals surface area (Å²) in [5.74, 6) is 0.435. The van der Waals surface area contributed by atoms with E-state index in [1.54, 1.807) is 18.2 Å². The Bertz CT molecular complexity index is 694. The van der Waals surface area contributed by atoms with Crippen molar-refractivity contribution in [3.05, 3.63) is 29.5 Å². The van der Waals surface area contributed by atoms with Crippen LogP contribution in [0, 0.1) is 0 Å². The molecule has 1 aromatic heterocycles. The molecule has 1 atom stereocenters. The smallest absolute Gasteiger partial charge is 0.194 e. The van der Waals surface area contributed by atoms with Crippen molar-refractivity contribution in [3.63, 3.8) is 0 Å². The summed E-state index contributed by atoms with van der Waals surface area (Å²) in [6, 6.07) is 4.99. The van der Waals surface area contributed by atoms with Gasteiger partial charge in [-0.15, -0.1) is 0 Å². The number of fused-ring (bicyclic) bond motifs is 1. The van der Waals surface area contributed by atoms with Crippen LogP contribution in [0.4, 0.5) is 0 Å². The molecule has 0 aliphatic carbocycles. The van der Waals surface area contributed by atoms with Gasteiger partial charge in [0.05, 0.1) is 12.2 Å². The molecule has 20 heavy (non-hydrogen) atoms. The normalized spacial score (nSPS) is 17.2. The van der Waals surface area contributed by atoms with E-state index in [4.69, 9.17) is 13.9 Å². The van der Waals surface area contributed by atoms with Crippen molar-refractivity contribution in [1.82, 2.24) is 0 Å². The predicted octanol–water partition coefficient (Wildman–Crippen LogP) is 2.62. The zero-order chi connectivity index (χ0) is 14.3. The minimum atomic E-state index is -0.176. The van der Waals surface area contributed by atoms with E-state index in [9.17, 15) is 9.59 Å². The van der Waals surface area contributed by atoms with E-state index in [0.29, 0.717) is 35.5 Å². The van der Waals surface area contributed by atoms with Crippen LogP contribution in [0.5, 0.6) is 5.75 Å². The standard InChI is InChI=1S/C15H14O5/c1-8(16)14-5-11-12(20-14)3-4-13(15(11)9(2)17)19-7-10-6-18-10/h3-5,10H,6-7H2,1-2H3. The van der Waals surface area contributed by atoms with Gasteiger partial charge in [0.15, 0.2) is 17.3 Å². The molecule has 1 aliphatic heterocycles. The first-order chi connectivity index (χ1) is 9.56. The minimum absolute atomic E-state index is 0.114. The van der Waals surface area contributed by atoms with Crippen molar-refractivity contribution in [2.45, 2.75) is 20.0 Å². The Morgan fingerprint density at radius 1 is 1.30 bits per heavy atom. The van der Waals surface area contributed by atoms with Gasteiger partial charge in [0, 0.05) is 12.3 Å². The second kappa shape index (κ2) is 4.76. The fraction of sp³-hybridized carbons (Fsp3) is 0.333. The second-order valence-electron chi connectivity index (χ2n) is 4.84. The lowest BCUT2D eigenvalue weighted by Gasteiger charge is -2.09. The highest BCUT2D eigenvalue weighted by Crippen LogP contribution is 2.31. The van der Waals surface area contributed by atoms with Crippen molar-refractivity contribution >= 4 is 22.5 Å². The monoisotopic (exact) mass is 274 g/mol. The van der Waals surface area contributed by atoms with E-state index < -0.39 is 0 Å². The van der Waals surface area contributed by atoms with Gasteiger partial charge in [0.1, 0.15) is 24.0 Å². The van der Waals surface area contributed by atoms with Crippen molar-refractivity contribution in [2.75, 3.05) is 13.2 Å². The summed E-state index contributed by atoms with van der Waals surface area (Å²) in [5.41, 5.74) is 0.954. The number of carbonyl (C=O) groups is 2. The Hall–Kier alpha value is -2.14. The first kappa shape index (κ1) is 12.9. The fourth-order valence-electron chi connectivity index (χ4n) is 2.10. The summed E-state index contributed by atoms with van der Waals surface area (Å²) in [5, 5.41) is 0.608. The maximum absolute atomic E-state index is 11.9. The topological polar surface area (TPSA) is 69.0 Å². The average molecular weight is 274 g/mol. The van der Waals surface area contributed by atoms with E-state index in [1.807, 2.05) is 0 Å². The van der Waals surface area contributed by atoms with Gasteiger partial charge in [-0.25, -0.2) is 0 Å². The van der Waals surface area contributed by atoms with Gasteiger partial charge in [-0.1, -0.05) is 0 Å². The molecule has 1 fully saturated rings. The predicted molar refractivity (Wildman–Crippen MR) is 71.5 cm³/mol. The van der Waals surface area contributed by atoms with Crippen molar-refractivity contribution in [1.29, 1.82) is 0 Å². The van der Waals surface area contributed by atoms with Crippen molar-refractivity contribution < 1.29 is 23.5 Å². The molecule has 0 amide bonds. The molecule has 1 aromatic carbocycles. The largest absolute Gasteiger partial charge is 0.490 e. The molecule has 2 heterocycles. The molecule has 0 N–H and O–H groups in total. The van der Waals surface area contributed by atoms with Gasteiger partial charge in [-0.05, 0) is 25.1 Å². The minimum Gasteiger partial charge on any atom is -0.490 e. The first-order valence-electron chi connectivity index (χ1n) is 6.39. The molecule has 5 nitrogen and oxygen atoms in total. The summed E-state index contributed by atoms with van der Waals surface area (Å²) in [4.78, 5) is 23.3. The van der Waals surface area contributed by atoms with Crippen LogP contribution in [0.1, 0.15) is 34.8 Å². The van der Waals surface area contributed by atoms with Crippen LogP contribution in [-0.4, -0.2) is 30.9 Å². The van der Waals surface area contributed by atoms with Crippen molar-refractivity contribution in [3.8, 4) is 5.75 Å². The van der Waals surface area contributed by atoms with Crippen LogP contribution in [0.2, 0.25) is 0 Å². The number of hydrogen-bond acceptors (Lipinski definition) is 5. The molecular weight excluding hydrogens is 260 g/mol. The molecule has 2 aromatic rings. The Kier molecular flexibility index (Phi) is 3.06. The lowest BCUT2D eigenvalue weighted by molar-refractivity contribution is 0.0986. The number of hydrogen-bond donors (Lipinski definition) is 0. The maximum atomic E-state index is 11.9. The van der Waals surface area contributed by atoms with Gasteiger partial charge in [0.25, 0.3) is 0 Å². The number of epoxide rings is 1. The summed E-state index contributed by atoms with van der Waals surface area (Å²) in [6.07, 6.45) is 0.114. The SMILES string of the molecule is CC(=O)c1cc2c(C(C)=O)c(OCC3CO3)ccc2o1. The third kappa shape index (κ3) is 2.32. The Balaban J connectivity index is 2.07. The van der Waals surface area contributed by atoms with Crippen LogP contribution >= 0.6 is 0 Å². The van der Waals surface area contributed by atoms with E-state index in [2.05, 4.69) is 0 Å². The van der Waals surface area contributed by atoms with E-state index in [-0.39, 0.29) is 23.4 Å². The number of carbonyl (C=O) groups excluding carboxylic acids is 2. The first-order valence-corrected chi connectivity index (χ1v) is 6.39. The number of benzene rings is 1. The third-order valence-electron chi connectivity index (χ3n) is 3.19. The van der Waals surface area contributed by atoms with Crippen molar-refractivity contribution in [2.24, 2.45) is 0 Å². The Labute approximate surface area is 115 Å². The molecule has 0 radical (unpaired) electrons. The zero-order valence-corrected chi connectivity index (χ0v) is 11.3. The molecular formula is C15H14O5. The summed E-state index contributed by atoms with van der Waals surface area (Å²) in [7, 11) is 0. The number of furan rings is 1. The lowest BCUT2D eigenvalue weighted by Crippen LogP contribution is -2.07. The molecule has 0 saturated carbocycles. The molecule has 0 spiro atoms. The summed E-state index contributed by atoms with van der Waals surface area (Å²) in [6.45, 7) is 4.00.